The van der Waals surface area contributed by atoms with Crippen LogP contribution in [0.5, 0.6) is 0 Å². The molecule has 1 unspecified atom stereocenters. The molecule has 2 aromatic rings. The first-order chi connectivity index (χ1) is 19.2. The number of hydrogen-bond donors (Lipinski definition) is 1. The lowest BCUT2D eigenvalue weighted by Gasteiger charge is -2.39. The maximum absolute atomic E-state index is 14.8. The molecule has 2 bridgehead atoms. The number of anilines is 1. The van der Waals surface area contributed by atoms with Crippen LogP contribution in [0.3, 0.4) is 0 Å². The molecular weight excluding hydrogens is 576 g/mol. The lowest BCUT2D eigenvalue weighted by molar-refractivity contribution is -0.155. The van der Waals surface area contributed by atoms with Crippen LogP contribution >= 0.6 is 15.9 Å². The molecule has 1 spiro atoms. The highest BCUT2D eigenvalue weighted by atomic mass is 79.9. The largest absolute Gasteiger partial charge is 0.466 e. The van der Waals surface area contributed by atoms with Gasteiger partial charge in [0, 0.05) is 17.1 Å². The van der Waals surface area contributed by atoms with Gasteiger partial charge in [0.15, 0.2) is 0 Å². The highest BCUT2D eigenvalue weighted by Gasteiger charge is 2.77. The summed E-state index contributed by atoms with van der Waals surface area (Å²) in [5.74, 6) is -3.03. The summed E-state index contributed by atoms with van der Waals surface area (Å²) in [6.07, 6.45) is 1.40. The lowest BCUT2D eigenvalue weighted by Crippen LogP contribution is -2.57. The van der Waals surface area contributed by atoms with Crippen LogP contribution < -0.4 is 4.90 Å². The maximum Gasteiger partial charge on any atom is 0.312 e. The summed E-state index contributed by atoms with van der Waals surface area (Å²) in [6, 6.07) is 13.1. The summed E-state index contributed by atoms with van der Waals surface area (Å²) in [5, 5.41) is 10.7. The summed E-state index contributed by atoms with van der Waals surface area (Å²) in [4.78, 5) is 45.4. The third kappa shape index (κ3) is 4.39. The predicted molar refractivity (Wildman–Crippen MR) is 154 cm³/mol. The Kier molecular flexibility index (Phi) is 7.92. The minimum Gasteiger partial charge on any atom is -0.466 e. The Morgan fingerprint density at radius 2 is 2.00 bits per heavy atom. The molecule has 212 valence electrons. The summed E-state index contributed by atoms with van der Waals surface area (Å²) >= 11 is 3.68. The number of nitrogens with zero attached hydrogens (tertiary/aromatic N) is 2. The van der Waals surface area contributed by atoms with Gasteiger partial charge >= 0.3 is 5.97 Å². The molecule has 0 radical (unpaired) electrons. The van der Waals surface area contributed by atoms with Gasteiger partial charge in [0.25, 0.3) is 5.91 Å². The van der Waals surface area contributed by atoms with E-state index in [2.05, 4.69) is 22.5 Å². The molecule has 7 atom stereocenters. The van der Waals surface area contributed by atoms with Gasteiger partial charge in [-0.1, -0.05) is 64.5 Å². The minimum atomic E-state index is -1.27. The van der Waals surface area contributed by atoms with Gasteiger partial charge in [0.05, 0.1) is 37.2 Å². The maximum atomic E-state index is 14.8. The second kappa shape index (κ2) is 11.1. The molecule has 3 aliphatic rings. The van der Waals surface area contributed by atoms with E-state index < -0.39 is 48.2 Å². The van der Waals surface area contributed by atoms with Crippen molar-refractivity contribution in [3.63, 3.8) is 0 Å². The Labute approximate surface area is 243 Å². The molecule has 1 N–H and O–H groups in total. The van der Waals surface area contributed by atoms with Crippen LogP contribution in [0.4, 0.5) is 5.69 Å². The summed E-state index contributed by atoms with van der Waals surface area (Å²) in [6.45, 7) is 9.46. The van der Waals surface area contributed by atoms with Gasteiger partial charge in [-0.05, 0) is 49.9 Å². The second-order valence-corrected chi connectivity index (χ2v) is 12.0. The van der Waals surface area contributed by atoms with E-state index in [1.165, 1.54) is 4.90 Å². The normalized spacial score (nSPS) is 29.3. The van der Waals surface area contributed by atoms with Gasteiger partial charge in [-0.2, -0.15) is 0 Å². The van der Waals surface area contributed by atoms with Crippen LogP contribution in [-0.2, 0) is 23.9 Å². The van der Waals surface area contributed by atoms with Gasteiger partial charge in [0.2, 0.25) is 5.91 Å². The summed E-state index contributed by atoms with van der Waals surface area (Å²) in [5.41, 5.74) is 2.00. The standard InChI is InChI=1S/C31H35BrN2O6/c1-5-14-33(22-15-18(3)12-13-19(22)4)29(37)27-31-16-21(32)26(40-31)24(30(38)39-6-2)25(31)28(36)34(27)23(17-35)20-10-8-7-9-11-20/h5,7-13,15,21,23-27,35H,1,6,14,16-17H2,2-4H3/t21?,23-,24-,25+,26-,27-,31+/m1/s1. The van der Waals surface area contributed by atoms with Gasteiger partial charge in [-0.15, -0.1) is 6.58 Å². The highest BCUT2D eigenvalue weighted by Crippen LogP contribution is 2.61. The SMILES string of the molecule is C=CCN(C(=O)[C@H]1N([C@H](CO)c2ccccc2)C(=O)[C@@H]2[C@@H](C(=O)OCC)[C@@H]3O[C@@]21CC3Br)c1cc(C)ccc1C. The first kappa shape index (κ1) is 28.5. The number of carbonyl (C=O) groups is 3. The first-order valence-electron chi connectivity index (χ1n) is 13.7. The Morgan fingerprint density at radius 1 is 1.27 bits per heavy atom. The molecule has 9 heteroatoms. The molecular formula is C31H35BrN2O6. The number of amides is 2. The number of aryl methyl sites for hydroxylation is 2. The van der Waals surface area contributed by atoms with Crippen LogP contribution in [0.25, 0.3) is 0 Å². The quantitative estimate of drug-likeness (QED) is 0.263. The zero-order chi connectivity index (χ0) is 28.8. The van der Waals surface area contributed by atoms with Crippen molar-refractivity contribution >= 4 is 39.4 Å². The molecule has 3 heterocycles. The molecule has 2 aromatic carbocycles. The van der Waals surface area contributed by atoms with Crippen molar-refractivity contribution in [3.05, 3.63) is 77.9 Å². The highest BCUT2D eigenvalue weighted by molar-refractivity contribution is 9.09. The van der Waals surface area contributed by atoms with E-state index in [4.69, 9.17) is 9.47 Å². The number of fused-ring (bicyclic) bond motifs is 1. The Morgan fingerprint density at radius 3 is 2.65 bits per heavy atom. The van der Waals surface area contributed by atoms with Crippen LogP contribution in [-0.4, -0.2) is 70.1 Å². The fourth-order valence-electron chi connectivity index (χ4n) is 6.81. The van der Waals surface area contributed by atoms with E-state index in [0.29, 0.717) is 17.7 Å². The third-order valence-corrected chi connectivity index (χ3v) is 9.29. The van der Waals surface area contributed by atoms with Crippen LogP contribution in [0.1, 0.15) is 36.1 Å². The van der Waals surface area contributed by atoms with Crippen molar-refractivity contribution in [2.75, 3.05) is 24.7 Å². The van der Waals surface area contributed by atoms with Gasteiger partial charge < -0.3 is 24.4 Å². The summed E-state index contributed by atoms with van der Waals surface area (Å²) < 4.78 is 12.0. The van der Waals surface area contributed by atoms with Gasteiger partial charge in [0.1, 0.15) is 11.6 Å². The van der Waals surface area contributed by atoms with Crippen LogP contribution in [0, 0.1) is 25.7 Å². The molecule has 0 aromatic heterocycles. The number of carbonyl (C=O) groups excluding carboxylic acids is 3. The Balaban J connectivity index is 1.69. The number of esters is 1. The molecule has 8 nitrogen and oxygen atoms in total. The number of halogens is 1. The number of rotatable bonds is 9. The average molecular weight is 612 g/mol. The number of benzene rings is 2. The van der Waals surface area contributed by atoms with E-state index in [1.807, 2.05) is 62.4 Å². The van der Waals surface area contributed by atoms with E-state index in [9.17, 15) is 19.5 Å². The number of ether oxygens (including phenoxy) is 2. The lowest BCUT2D eigenvalue weighted by atomic mass is 9.70. The topological polar surface area (TPSA) is 96.4 Å². The number of alkyl halides is 1. The Bertz CT molecular complexity index is 1320. The molecule has 0 aliphatic carbocycles. The Hall–Kier alpha value is -3.01. The summed E-state index contributed by atoms with van der Waals surface area (Å²) in [7, 11) is 0. The average Bonchev–Trinajstić information content (AvgIpc) is 3.53. The van der Waals surface area contributed by atoms with Gasteiger partial charge in [-0.25, -0.2) is 0 Å². The van der Waals surface area contributed by atoms with Crippen molar-refractivity contribution in [1.29, 1.82) is 0 Å². The van der Waals surface area contributed by atoms with E-state index >= 15 is 0 Å². The van der Waals surface area contributed by atoms with Crippen molar-refractivity contribution in [2.45, 2.75) is 55.8 Å². The molecule has 3 saturated heterocycles. The van der Waals surface area contributed by atoms with Crippen molar-refractivity contribution in [3.8, 4) is 0 Å². The van der Waals surface area contributed by atoms with Crippen LogP contribution in [0.15, 0.2) is 61.2 Å². The number of aliphatic hydroxyl groups is 1. The van der Waals surface area contributed by atoms with E-state index in [1.54, 1.807) is 17.9 Å². The fourth-order valence-corrected chi connectivity index (χ4v) is 7.76. The number of likely N-dealkylation sites (tertiary alicyclic amines) is 1. The van der Waals surface area contributed by atoms with Gasteiger partial charge in [-0.3, -0.25) is 14.4 Å². The molecule has 5 rings (SSSR count). The zero-order valence-electron chi connectivity index (χ0n) is 23.0. The zero-order valence-corrected chi connectivity index (χ0v) is 24.5. The van der Waals surface area contributed by atoms with Crippen molar-refractivity contribution in [2.24, 2.45) is 11.8 Å². The molecule has 3 fully saturated rings. The molecule has 3 aliphatic heterocycles. The second-order valence-electron chi connectivity index (χ2n) is 10.8. The first-order valence-corrected chi connectivity index (χ1v) is 14.6. The predicted octanol–water partition coefficient (Wildman–Crippen LogP) is 3.87. The van der Waals surface area contributed by atoms with E-state index in [-0.39, 0.29) is 29.8 Å². The van der Waals surface area contributed by atoms with Crippen molar-refractivity contribution in [1.82, 2.24) is 4.90 Å². The molecule has 40 heavy (non-hydrogen) atoms. The van der Waals surface area contributed by atoms with Crippen molar-refractivity contribution < 1.29 is 29.0 Å². The third-order valence-electron chi connectivity index (χ3n) is 8.45. The fraction of sp³-hybridized carbons (Fsp3) is 0.452. The van der Waals surface area contributed by atoms with Crippen LogP contribution in [0.2, 0.25) is 0 Å². The molecule has 2 amide bonds. The monoisotopic (exact) mass is 610 g/mol. The number of hydrogen-bond acceptors (Lipinski definition) is 6. The smallest absolute Gasteiger partial charge is 0.312 e. The molecule has 0 saturated carbocycles. The number of aliphatic hydroxyl groups excluding tert-OH is 1. The van der Waals surface area contributed by atoms with E-state index in [0.717, 1.165) is 11.1 Å². The minimum absolute atomic E-state index is 0.165.